The number of likely N-dealkylation sites (tertiary alicyclic amines) is 1. The number of nitrogens with one attached hydrogen (secondary N) is 2. The zero-order valence-corrected chi connectivity index (χ0v) is 19.5. The monoisotopic (exact) mass is 503 g/mol. The summed E-state index contributed by atoms with van der Waals surface area (Å²) in [6.45, 7) is 8.86. The smallest absolute Gasteiger partial charge is 0.191 e. The van der Waals surface area contributed by atoms with E-state index in [1.54, 1.807) is 0 Å². The molecule has 1 aromatic heterocycles. The summed E-state index contributed by atoms with van der Waals surface area (Å²) in [5.74, 6) is 1.76. The van der Waals surface area contributed by atoms with Crippen molar-refractivity contribution < 1.29 is 0 Å². The Morgan fingerprint density at radius 2 is 2.00 bits per heavy atom. The topological polar surface area (TPSA) is 42.9 Å². The molecule has 2 aliphatic heterocycles. The summed E-state index contributed by atoms with van der Waals surface area (Å²) >= 11 is 1.85. The van der Waals surface area contributed by atoms with E-state index in [1.807, 2.05) is 11.3 Å². The van der Waals surface area contributed by atoms with Gasteiger partial charge in [0.15, 0.2) is 5.96 Å². The molecule has 1 aliphatic carbocycles. The Hall–Kier alpha value is -0.540. The van der Waals surface area contributed by atoms with Gasteiger partial charge in [-0.2, -0.15) is 0 Å². The van der Waals surface area contributed by atoms with Crippen LogP contribution < -0.4 is 15.5 Å². The van der Waals surface area contributed by atoms with E-state index in [1.165, 1.54) is 50.2 Å². The van der Waals surface area contributed by atoms with Gasteiger partial charge in [0.1, 0.15) is 0 Å². The predicted molar refractivity (Wildman–Crippen MR) is 127 cm³/mol. The molecule has 2 N–H and O–H groups in total. The van der Waals surface area contributed by atoms with E-state index in [0.29, 0.717) is 6.04 Å². The van der Waals surface area contributed by atoms with E-state index >= 15 is 0 Å². The number of piperidine rings is 1. The van der Waals surface area contributed by atoms with Gasteiger partial charge in [0, 0.05) is 44.8 Å². The number of halogens is 1. The van der Waals surface area contributed by atoms with E-state index in [4.69, 9.17) is 4.99 Å². The first-order valence-electron chi connectivity index (χ1n) is 10.4. The van der Waals surface area contributed by atoms with Crippen molar-refractivity contribution in [3.8, 4) is 0 Å². The standard InChI is InChI=1S/C20H33N5S.HI/c1-2-21-20(22-14-16-7-10-25(15-16)18-5-6-18)23-17-8-11-24(12-9-17)19-4-3-13-26-19;/h3-4,13,16-18H,2,5-12,14-15H2,1H3,(H2,21,22,23);1H. The molecule has 2 saturated heterocycles. The van der Waals surface area contributed by atoms with Gasteiger partial charge in [-0.05, 0) is 69.0 Å². The zero-order valence-electron chi connectivity index (χ0n) is 16.4. The fourth-order valence-electron chi connectivity index (χ4n) is 4.21. The first-order valence-corrected chi connectivity index (χ1v) is 11.3. The summed E-state index contributed by atoms with van der Waals surface area (Å²) < 4.78 is 0. The molecule has 3 heterocycles. The van der Waals surface area contributed by atoms with Crippen molar-refractivity contribution in [2.75, 3.05) is 44.2 Å². The Bertz CT molecular complexity index is 581. The molecule has 3 fully saturated rings. The van der Waals surface area contributed by atoms with Gasteiger partial charge in [-0.3, -0.25) is 4.99 Å². The van der Waals surface area contributed by atoms with Crippen molar-refractivity contribution in [2.24, 2.45) is 10.9 Å². The van der Waals surface area contributed by atoms with Gasteiger partial charge in [0.05, 0.1) is 5.00 Å². The SMILES string of the molecule is CCNC(=NCC1CCN(C2CC2)C1)NC1CCN(c2cccs2)CC1.I. The minimum atomic E-state index is 0. The third kappa shape index (κ3) is 5.97. The van der Waals surface area contributed by atoms with Crippen LogP contribution in [0.15, 0.2) is 22.5 Å². The van der Waals surface area contributed by atoms with E-state index in [9.17, 15) is 0 Å². The molecule has 0 bridgehead atoms. The van der Waals surface area contributed by atoms with Crippen LogP contribution in [0.1, 0.15) is 39.0 Å². The van der Waals surface area contributed by atoms with Crippen LogP contribution in [0.25, 0.3) is 0 Å². The van der Waals surface area contributed by atoms with Gasteiger partial charge in [-0.1, -0.05) is 0 Å². The van der Waals surface area contributed by atoms with E-state index < -0.39 is 0 Å². The fraction of sp³-hybridized carbons (Fsp3) is 0.750. The third-order valence-electron chi connectivity index (χ3n) is 5.89. The Morgan fingerprint density at radius 3 is 2.67 bits per heavy atom. The first kappa shape index (κ1) is 21.2. The van der Waals surface area contributed by atoms with Crippen LogP contribution in [0.3, 0.4) is 0 Å². The maximum absolute atomic E-state index is 4.93. The molecule has 0 spiro atoms. The second-order valence-corrected chi connectivity index (χ2v) is 8.88. The molecule has 7 heteroatoms. The number of anilines is 1. The summed E-state index contributed by atoms with van der Waals surface area (Å²) in [5.41, 5.74) is 0. The Balaban J connectivity index is 0.00000210. The van der Waals surface area contributed by atoms with Crippen LogP contribution in [0.5, 0.6) is 0 Å². The Kier molecular flexibility index (Phi) is 8.08. The lowest BCUT2D eigenvalue weighted by atomic mass is 10.1. The molecule has 0 radical (unpaired) electrons. The van der Waals surface area contributed by atoms with Crippen LogP contribution in [-0.2, 0) is 0 Å². The fourth-order valence-corrected chi connectivity index (χ4v) is 5.00. The molecule has 4 rings (SSSR count). The maximum atomic E-state index is 4.93. The summed E-state index contributed by atoms with van der Waals surface area (Å²) in [5, 5.41) is 10.7. The highest BCUT2D eigenvalue weighted by atomic mass is 127. The maximum Gasteiger partial charge on any atom is 0.191 e. The van der Waals surface area contributed by atoms with Crippen molar-refractivity contribution in [3.63, 3.8) is 0 Å². The summed E-state index contributed by atoms with van der Waals surface area (Å²) in [4.78, 5) is 10.1. The molecule has 152 valence electrons. The second-order valence-electron chi connectivity index (χ2n) is 7.96. The van der Waals surface area contributed by atoms with Crippen LogP contribution in [0.4, 0.5) is 5.00 Å². The quantitative estimate of drug-likeness (QED) is 0.355. The zero-order chi connectivity index (χ0) is 17.8. The van der Waals surface area contributed by atoms with Gasteiger partial charge in [-0.25, -0.2) is 0 Å². The molecule has 3 aliphatic rings. The van der Waals surface area contributed by atoms with Crippen molar-refractivity contribution in [1.82, 2.24) is 15.5 Å². The summed E-state index contributed by atoms with van der Waals surface area (Å²) in [7, 11) is 0. The molecule has 1 atom stereocenters. The summed E-state index contributed by atoms with van der Waals surface area (Å²) in [6, 6.07) is 5.82. The van der Waals surface area contributed by atoms with Gasteiger partial charge in [-0.15, -0.1) is 35.3 Å². The molecule has 1 aromatic rings. The average Bonchev–Trinajstić information content (AvgIpc) is 3.17. The highest BCUT2D eigenvalue weighted by Gasteiger charge is 2.34. The van der Waals surface area contributed by atoms with Crippen molar-refractivity contribution in [1.29, 1.82) is 0 Å². The number of aliphatic imine (C=N–C) groups is 1. The molecular formula is C20H34IN5S. The number of guanidine groups is 1. The number of hydrogen-bond acceptors (Lipinski definition) is 4. The normalized spacial score (nSPS) is 24.7. The van der Waals surface area contributed by atoms with Crippen molar-refractivity contribution >= 4 is 46.3 Å². The minimum absolute atomic E-state index is 0. The van der Waals surface area contributed by atoms with Gasteiger partial charge in [0.2, 0.25) is 0 Å². The van der Waals surface area contributed by atoms with Gasteiger partial charge >= 0.3 is 0 Å². The lowest BCUT2D eigenvalue weighted by molar-refractivity contribution is 0.315. The molecule has 1 unspecified atom stereocenters. The predicted octanol–water partition coefficient (Wildman–Crippen LogP) is 3.37. The van der Waals surface area contributed by atoms with E-state index in [0.717, 1.165) is 44.1 Å². The molecule has 0 aromatic carbocycles. The molecular weight excluding hydrogens is 469 g/mol. The van der Waals surface area contributed by atoms with Crippen molar-refractivity contribution in [2.45, 2.75) is 51.1 Å². The van der Waals surface area contributed by atoms with Crippen LogP contribution in [0, 0.1) is 5.92 Å². The summed E-state index contributed by atoms with van der Waals surface area (Å²) in [6.07, 6.45) is 6.52. The Morgan fingerprint density at radius 1 is 1.19 bits per heavy atom. The molecule has 1 saturated carbocycles. The lowest BCUT2D eigenvalue weighted by Gasteiger charge is -2.33. The molecule has 5 nitrogen and oxygen atoms in total. The third-order valence-corrected chi connectivity index (χ3v) is 6.81. The van der Waals surface area contributed by atoms with Gasteiger partial charge < -0.3 is 20.4 Å². The number of nitrogens with zero attached hydrogens (tertiary/aromatic N) is 3. The Labute approximate surface area is 185 Å². The highest BCUT2D eigenvalue weighted by Crippen LogP contribution is 2.31. The molecule has 27 heavy (non-hydrogen) atoms. The van der Waals surface area contributed by atoms with Crippen LogP contribution >= 0.6 is 35.3 Å². The number of hydrogen-bond donors (Lipinski definition) is 2. The van der Waals surface area contributed by atoms with E-state index in [-0.39, 0.29) is 24.0 Å². The lowest BCUT2D eigenvalue weighted by Crippen LogP contribution is -2.48. The highest BCUT2D eigenvalue weighted by molar-refractivity contribution is 14.0. The number of thiophene rings is 1. The van der Waals surface area contributed by atoms with Gasteiger partial charge in [0.25, 0.3) is 0 Å². The average molecular weight is 503 g/mol. The minimum Gasteiger partial charge on any atom is -0.363 e. The van der Waals surface area contributed by atoms with Crippen molar-refractivity contribution in [3.05, 3.63) is 17.5 Å². The van der Waals surface area contributed by atoms with E-state index in [2.05, 4.69) is 44.9 Å². The second kappa shape index (κ2) is 10.3. The number of rotatable bonds is 6. The first-order chi connectivity index (χ1) is 12.8. The largest absolute Gasteiger partial charge is 0.363 e. The van der Waals surface area contributed by atoms with Crippen LogP contribution in [-0.4, -0.2) is 62.2 Å². The molecule has 0 amide bonds. The van der Waals surface area contributed by atoms with Crippen LogP contribution in [0.2, 0.25) is 0 Å².